The predicted octanol–water partition coefficient (Wildman–Crippen LogP) is 4.69. The van der Waals surface area contributed by atoms with Crippen LogP contribution in [0.15, 0.2) is 71.5 Å². The van der Waals surface area contributed by atoms with Crippen LogP contribution in [0.4, 0.5) is 4.39 Å². The van der Waals surface area contributed by atoms with Crippen molar-refractivity contribution in [2.24, 2.45) is 16.1 Å². The highest BCUT2D eigenvalue weighted by Crippen LogP contribution is 2.25. The number of amidine groups is 1. The molecule has 2 aromatic carbocycles. The molecule has 30 heavy (non-hydrogen) atoms. The smallest absolute Gasteiger partial charge is 0.256 e. The third-order valence-corrected chi connectivity index (χ3v) is 4.77. The number of rotatable bonds is 3. The lowest BCUT2D eigenvalue weighted by molar-refractivity contribution is 0.0977. The van der Waals surface area contributed by atoms with Gasteiger partial charge in [-0.15, -0.1) is 0 Å². The maximum atomic E-state index is 14.1. The van der Waals surface area contributed by atoms with Gasteiger partial charge in [0.1, 0.15) is 11.7 Å². The second kappa shape index (κ2) is 8.45. The first-order chi connectivity index (χ1) is 14.2. The number of allylic oxidation sites excluding steroid dienone is 1. The van der Waals surface area contributed by atoms with Crippen LogP contribution in [0.2, 0.25) is 0 Å². The van der Waals surface area contributed by atoms with E-state index in [0.717, 1.165) is 5.39 Å². The van der Waals surface area contributed by atoms with Crippen LogP contribution in [0, 0.1) is 11.2 Å². The van der Waals surface area contributed by atoms with Crippen LogP contribution >= 0.6 is 0 Å². The van der Waals surface area contributed by atoms with E-state index < -0.39 is 0 Å². The van der Waals surface area contributed by atoms with Crippen LogP contribution in [-0.2, 0) is 0 Å². The van der Waals surface area contributed by atoms with E-state index in [1.54, 1.807) is 55.7 Å². The summed E-state index contributed by atoms with van der Waals surface area (Å²) < 4.78 is 14.1. The number of aromatic nitrogens is 1. The topological polar surface area (TPSA) is 80.4 Å². The van der Waals surface area contributed by atoms with Crippen LogP contribution in [0.5, 0.6) is 0 Å². The number of hydrogen-bond acceptors (Lipinski definition) is 4. The molecule has 1 aromatic heterocycles. The van der Waals surface area contributed by atoms with E-state index in [1.807, 2.05) is 26.8 Å². The van der Waals surface area contributed by atoms with Gasteiger partial charge in [-0.2, -0.15) is 0 Å². The molecule has 0 aliphatic heterocycles. The molecule has 3 rings (SSSR count). The van der Waals surface area contributed by atoms with Gasteiger partial charge in [-0.05, 0) is 30.3 Å². The lowest BCUT2D eigenvalue weighted by Gasteiger charge is -2.19. The Morgan fingerprint density at radius 3 is 2.57 bits per heavy atom. The third-order valence-electron chi connectivity index (χ3n) is 4.77. The zero-order valence-electron chi connectivity index (χ0n) is 17.5. The summed E-state index contributed by atoms with van der Waals surface area (Å²) in [6, 6.07) is 13.6. The van der Waals surface area contributed by atoms with Crippen molar-refractivity contribution in [3.8, 4) is 11.1 Å². The fourth-order valence-corrected chi connectivity index (χ4v) is 2.81. The first-order valence-electron chi connectivity index (χ1n) is 9.59. The van der Waals surface area contributed by atoms with Crippen LogP contribution in [0.1, 0.15) is 31.1 Å². The van der Waals surface area contributed by atoms with Crippen molar-refractivity contribution >= 4 is 22.6 Å². The standard InChI is InChI=1S/C24H25FN4O/c1-24(2,3)21(26)13-22(27-4)29-23(30)16-10-9-15-11-17(14-28-20(15)12-16)18-7-5-6-8-19(18)25/h5-14H,26H2,1-4H3,(H,27,29,30)/b21-13-. The Kier molecular flexibility index (Phi) is 5.96. The minimum Gasteiger partial charge on any atom is -0.401 e. The number of nitrogens with two attached hydrogens (primary N) is 1. The molecule has 6 heteroatoms. The molecule has 154 valence electrons. The molecule has 0 unspecified atom stereocenters. The highest BCUT2D eigenvalue weighted by Gasteiger charge is 2.16. The van der Waals surface area contributed by atoms with E-state index in [4.69, 9.17) is 5.73 Å². The minimum absolute atomic E-state index is 0.233. The Hall–Kier alpha value is -3.54. The second-order valence-corrected chi connectivity index (χ2v) is 8.02. The Bertz CT molecular complexity index is 1160. The SMILES string of the molecule is CN=C(/C=C(\N)C(C)(C)C)NC(=O)c1ccc2cc(-c3ccccc3F)cnc2c1. The number of carbonyl (C=O) groups is 1. The lowest BCUT2D eigenvalue weighted by atomic mass is 9.92. The number of benzene rings is 2. The van der Waals surface area contributed by atoms with Crippen molar-refractivity contribution in [1.29, 1.82) is 0 Å². The predicted molar refractivity (Wildman–Crippen MR) is 120 cm³/mol. The second-order valence-electron chi connectivity index (χ2n) is 8.02. The summed E-state index contributed by atoms with van der Waals surface area (Å²) in [4.78, 5) is 21.2. The van der Waals surface area contributed by atoms with E-state index in [1.165, 1.54) is 6.07 Å². The average molecular weight is 404 g/mol. The Morgan fingerprint density at radius 2 is 1.90 bits per heavy atom. The van der Waals surface area contributed by atoms with Crippen LogP contribution < -0.4 is 11.1 Å². The van der Waals surface area contributed by atoms with Gasteiger partial charge in [0.15, 0.2) is 0 Å². The fraction of sp³-hybridized carbons (Fsp3) is 0.208. The van der Waals surface area contributed by atoms with Gasteiger partial charge < -0.3 is 11.1 Å². The third kappa shape index (κ3) is 4.71. The minimum atomic E-state index is -0.310. The molecule has 1 amide bonds. The summed E-state index contributed by atoms with van der Waals surface area (Å²) >= 11 is 0. The van der Waals surface area contributed by atoms with Crippen molar-refractivity contribution in [3.05, 3.63) is 77.9 Å². The average Bonchev–Trinajstić information content (AvgIpc) is 2.72. The number of aliphatic imine (C=N–C) groups is 1. The number of amides is 1. The molecule has 0 saturated heterocycles. The lowest BCUT2D eigenvalue weighted by Crippen LogP contribution is -2.31. The molecule has 5 nitrogen and oxygen atoms in total. The molecule has 0 aliphatic rings. The summed E-state index contributed by atoms with van der Waals surface area (Å²) in [6.07, 6.45) is 3.27. The first kappa shape index (κ1) is 21.2. The monoisotopic (exact) mass is 404 g/mol. The Labute approximate surface area is 175 Å². The van der Waals surface area contributed by atoms with Gasteiger partial charge in [0.2, 0.25) is 0 Å². The molecular formula is C24H25FN4O. The number of carbonyl (C=O) groups excluding carboxylic acids is 1. The van der Waals surface area contributed by atoms with Crippen molar-refractivity contribution < 1.29 is 9.18 Å². The van der Waals surface area contributed by atoms with Crippen LogP contribution in [-0.4, -0.2) is 23.8 Å². The van der Waals surface area contributed by atoms with Gasteiger partial charge in [0.25, 0.3) is 5.91 Å². The first-order valence-corrected chi connectivity index (χ1v) is 9.59. The summed E-state index contributed by atoms with van der Waals surface area (Å²) in [6.45, 7) is 5.95. The summed E-state index contributed by atoms with van der Waals surface area (Å²) in [7, 11) is 1.59. The molecule has 3 aromatic rings. The van der Waals surface area contributed by atoms with Gasteiger partial charge in [-0.1, -0.05) is 45.0 Å². The van der Waals surface area contributed by atoms with Gasteiger partial charge in [-0.3, -0.25) is 14.8 Å². The molecule has 0 fully saturated rings. The quantitative estimate of drug-likeness (QED) is 0.491. The van der Waals surface area contributed by atoms with E-state index >= 15 is 0 Å². The molecule has 0 bridgehead atoms. The number of hydrogen-bond donors (Lipinski definition) is 2. The summed E-state index contributed by atoms with van der Waals surface area (Å²) in [5.74, 6) is -0.227. The maximum absolute atomic E-state index is 14.1. The highest BCUT2D eigenvalue weighted by molar-refractivity contribution is 6.11. The Morgan fingerprint density at radius 1 is 1.17 bits per heavy atom. The van der Waals surface area contributed by atoms with Gasteiger partial charge in [-0.25, -0.2) is 4.39 Å². The van der Waals surface area contributed by atoms with Crippen molar-refractivity contribution in [2.45, 2.75) is 20.8 Å². The number of fused-ring (bicyclic) bond motifs is 1. The van der Waals surface area contributed by atoms with Gasteiger partial charge >= 0.3 is 0 Å². The summed E-state index contributed by atoms with van der Waals surface area (Å²) in [5.41, 5.74) is 8.72. The van der Waals surface area contributed by atoms with Crippen molar-refractivity contribution in [2.75, 3.05) is 7.05 Å². The zero-order chi connectivity index (χ0) is 21.9. The highest BCUT2D eigenvalue weighted by atomic mass is 19.1. The van der Waals surface area contributed by atoms with E-state index in [0.29, 0.717) is 33.7 Å². The molecule has 0 radical (unpaired) electrons. The zero-order valence-corrected chi connectivity index (χ0v) is 17.5. The number of halogens is 1. The largest absolute Gasteiger partial charge is 0.401 e. The molecule has 0 atom stereocenters. The maximum Gasteiger partial charge on any atom is 0.256 e. The van der Waals surface area contributed by atoms with E-state index in [-0.39, 0.29) is 17.1 Å². The fourth-order valence-electron chi connectivity index (χ4n) is 2.81. The van der Waals surface area contributed by atoms with Gasteiger partial charge in [0, 0.05) is 46.4 Å². The summed E-state index contributed by atoms with van der Waals surface area (Å²) in [5, 5.41) is 3.59. The molecule has 0 aliphatic carbocycles. The molecule has 1 heterocycles. The molecule has 0 saturated carbocycles. The Balaban J connectivity index is 1.86. The van der Waals surface area contributed by atoms with Gasteiger partial charge in [0.05, 0.1) is 5.52 Å². The van der Waals surface area contributed by atoms with Crippen LogP contribution in [0.25, 0.3) is 22.0 Å². The molecule has 3 N–H and O–H groups in total. The number of pyridine rings is 1. The van der Waals surface area contributed by atoms with E-state index in [9.17, 15) is 9.18 Å². The number of nitrogens with zero attached hydrogens (tertiary/aromatic N) is 2. The molecular weight excluding hydrogens is 379 g/mol. The molecule has 0 spiro atoms. The number of nitrogens with one attached hydrogen (secondary N) is 1. The van der Waals surface area contributed by atoms with Crippen LogP contribution in [0.3, 0.4) is 0 Å². The van der Waals surface area contributed by atoms with Crippen molar-refractivity contribution in [3.63, 3.8) is 0 Å². The normalized spacial score (nSPS) is 12.8. The van der Waals surface area contributed by atoms with Crippen molar-refractivity contribution in [1.82, 2.24) is 10.3 Å². The van der Waals surface area contributed by atoms with E-state index in [2.05, 4.69) is 15.3 Å².